The summed E-state index contributed by atoms with van der Waals surface area (Å²) in [6.45, 7) is 3.67. The van der Waals surface area contributed by atoms with Crippen molar-refractivity contribution in [2.24, 2.45) is 0 Å². The number of hydrogen-bond donors (Lipinski definition) is 0. The number of rotatable bonds is 6. The molecule has 0 aliphatic heterocycles. The molecule has 0 aliphatic carbocycles. The summed E-state index contributed by atoms with van der Waals surface area (Å²) < 4.78 is 12.4. The molecule has 0 fully saturated rings. The summed E-state index contributed by atoms with van der Waals surface area (Å²) in [5.74, 6) is -1.44. The van der Waals surface area contributed by atoms with Crippen molar-refractivity contribution in [1.82, 2.24) is 0 Å². The highest BCUT2D eigenvalue weighted by atomic mass is 79.9. The predicted molar refractivity (Wildman–Crippen MR) is 144 cm³/mol. The van der Waals surface area contributed by atoms with Crippen LogP contribution in [0.4, 0.5) is 0 Å². The molecule has 0 aliphatic rings. The molecule has 7 heteroatoms. The first kappa shape index (κ1) is 25.5. The molecular weight excluding hydrogens is 588 g/mol. The summed E-state index contributed by atoms with van der Waals surface area (Å²) in [5.41, 5.74) is 2.63. The van der Waals surface area contributed by atoms with Crippen LogP contribution in [0.1, 0.15) is 47.8 Å². The fraction of sp³-hybridized carbons (Fsp3) is 0.0690. The van der Waals surface area contributed by atoms with E-state index in [0.717, 1.165) is 11.1 Å². The molecule has 0 aromatic heterocycles. The summed E-state index contributed by atoms with van der Waals surface area (Å²) in [4.78, 5) is 39.5. The van der Waals surface area contributed by atoms with Gasteiger partial charge in [-0.2, -0.15) is 0 Å². The van der Waals surface area contributed by atoms with Crippen molar-refractivity contribution < 1.29 is 23.9 Å². The number of benzene rings is 4. The summed E-state index contributed by atoms with van der Waals surface area (Å²) >= 11 is 6.70. The van der Waals surface area contributed by atoms with E-state index in [0.29, 0.717) is 20.1 Å². The van der Waals surface area contributed by atoms with Crippen LogP contribution in [0.5, 0.6) is 11.5 Å². The van der Waals surface area contributed by atoms with Gasteiger partial charge < -0.3 is 9.47 Å². The van der Waals surface area contributed by atoms with Gasteiger partial charge in [-0.3, -0.25) is 4.79 Å². The molecule has 0 atom stereocenters. The number of aryl methyl sites for hydroxylation is 2. The van der Waals surface area contributed by atoms with Gasteiger partial charge in [-0.05, 0) is 94.2 Å². The number of carbonyl (C=O) groups excluding carboxylic acids is 3. The number of ketones is 1. The van der Waals surface area contributed by atoms with Gasteiger partial charge in [0.2, 0.25) is 5.78 Å². The van der Waals surface area contributed by atoms with E-state index >= 15 is 0 Å². The highest BCUT2D eigenvalue weighted by Crippen LogP contribution is 2.30. The van der Waals surface area contributed by atoms with E-state index in [9.17, 15) is 14.4 Å². The summed E-state index contributed by atoms with van der Waals surface area (Å²) in [6.07, 6.45) is 0. The van der Waals surface area contributed by atoms with Gasteiger partial charge in [-0.15, -0.1) is 0 Å². The second-order valence-electron chi connectivity index (χ2n) is 8.07. The summed E-state index contributed by atoms with van der Waals surface area (Å²) in [5, 5.41) is 0. The van der Waals surface area contributed by atoms with E-state index < -0.39 is 17.7 Å². The Labute approximate surface area is 225 Å². The van der Waals surface area contributed by atoms with Crippen LogP contribution >= 0.6 is 31.9 Å². The van der Waals surface area contributed by atoms with Crippen molar-refractivity contribution in [2.45, 2.75) is 13.8 Å². The number of ether oxygens (including phenoxy) is 2. The Kier molecular flexibility index (Phi) is 7.82. The fourth-order valence-corrected chi connectivity index (χ4v) is 4.42. The molecule has 5 nitrogen and oxygen atoms in total. The topological polar surface area (TPSA) is 69.7 Å². The van der Waals surface area contributed by atoms with Crippen molar-refractivity contribution in [2.75, 3.05) is 0 Å². The molecule has 180 valence electrons. The average Bonchev–Trinajstić information content (AvgIpc) is 2.86. The van der Waals surface area contributed by atoms with Gasteiger partial charge in [-0.1, -0.05) is 47.5 Å². The Morgan fingerprint density at radius 3 is 1.33 bits per heavy atom. The van der Waals surface area contributed by atoms with E-state index in [1.807, 2.05) is 13.8 Å². The molecule has 4 rings (SSSR count). The van der Waals surface area contributed by atoms with E-state index in [4.69, 9.17) is 9.47 Å². The monoisotopic (exact) mass is 606 g/mol. The molecule has 0 amide bonds. The summed E-state index contributed by atoms with van der Waals surface area (Å²) in [6, 6.07) is 23.7. The number of esters is 2. The zero-order chi connectivity index (χ0) is 25.8. The minimum atomic E-state index is -0.606. The normalized spacial score (nSPS) is 10.6. The second-order valence-corrected chi connectivity index (χ2v) is 9.78. The van der Waals surface area contributed by atoms with Crippen molar-refractivity contribution in [1.29, 1.82) is 0 Å². The minimum absolute atomic E-state index is 0.107. The van der Waals surface area contributed by atoms with Crippen LogP contribution < -0.4 is 9.47 Å². The maximum absolute atomic E-state index is 13.8. The van der Waals surface area contributed by atoms with E-state index in [1.165, 1.54) is 0 Å². The largest absolute Gasteiger partial charge is 0.422 e. The molecular formula is C29H20Br2O5. The van der Waals surface area contributed by atoms with Crippen LogP contribution in [0.3, 0.4) is 0 Å². The van der Waals surface area contributed by atoms with Gasteiger partial charge in [0, 0.05) is 8.95 Å². The van der Waals surface area contributed by atoms with Crippen LogP contribution in [0.25, 0.3) is 0 Å². The highest BCUT2D eigenvalue weighted by Gasteiger charge is 2.24. The molecule has 0 spiro atoms. The summed E-state index contributed by atoms with van der Waals surface area (Å²) in [7, 11) is 0. The molecule has 0 radical (unpaired) electrons. The molecule has 0 N–H and O–H groups in total. The number of hydrogen-bond acceptors (Lipinski definition) is 5. The Morgan fingerprint density at radius 2 is 0.944 bits per heavy atom. The number of halogens is 2. The first-order valence-electron chi connectivity index (χ1n) is 10.9. The van der Waals surface area contributed by atoms with Gasteiger partial charge in [0.25, 0.3) is 0 Å². The Morgan fingerprint density at radius 1 is 0.556 bits per heavy atom. The predicted octanol–water partition coefficient (Wildman–Crippen LogP) is 7.50. The Bertz CT molecular complexity index is 1380. The quantitative estimate of drug-likeness (QED) is 0.129. The second kappa shape index (κ2) is 11.0. The van der Waals surface area contributed by atoms with Gasteiger partial charge in [-0.25, -0.2) is 9.59 Å². The third-order valence-corrected chi connectivity index (χ3v) is 6.74. The van der Waals surface area contributed by atoms with E-state index in [2.05, 4.69) is 31.9 Å². The first-order valence-corrected chi connectivity index (χ1v) is 12.5. The van der Waals surface area contributed by atoms with Crippen LogP contribution in [0, 0.1) is 13.8 Å². The van der Waals surface area contributed by atoms with Crippen molar-refractivity contribution in [3.8, 4) is 11.5 Å². The Balaban J connectivity index is 1.71. The lowest BCUT2D eigenvalue weighted by atomic mass is 9.98. The zero-order valence-electron chi connectivity index (χ0n) is 19.4. The Hall–Kier alpha value is -3.55. The van der Waals surface area contributed by atoms with Gasteiger partial charge in [0.1, 0.15) is 11.5 Å². The molecule has 36 heavy (non-hydrogen) atoms. The molecule has 0 heterocycles. The molecule has 0 saturated carbocycles. The SMILES string of the molecule is Cc1ccc(OC(=O)c2ccccc2Br)c(C(=O)c2cc(C)ccc2OC(=O)c2ccccc2Br)c1. The lowest BCUT2D eigenvalue weighted by molar-refractivity contribution is 0.0724. The fourth-order valence-electron chi connectivity index (χ4n) is 3.53. The molecule has 4 aromatic rings. The van der Waals surface area contributed by atoms with Crippen LogP contribution in [-0.2, 0) is 0 Å². The van der Waals surface area contributed by atoms with Crippen molar-refractivity contribution >= 4 is 49.6 Å². The van der Waals surface area contributed by atoms with Crippen LogP contribution in [0.15, 0.2) is 93.9 Å². The third kappa shape index (κ3) is 5.64. The van der Waals surface area contributed by atoms with Crippen LogP contribution in [0.2, 0.25) is 0 Å². The van der Waals surface area contributed by atoms with Crippen molar-refractivity contribution in [3.05, 3.63) is 127 Å². The zero-order valence-corrected chi connectivity index (χ0v) is 22.6. The molecule has 0 unspecified atom stereocenters. The standard InChI is InChI=1S/C29H20Br2O5/c1-17-11-13-25(35-28(33)19-7-3-5-9-23(19)30)21(15-17)27(32)22-16-18(2)12-14-26(22)36-29(34)20-8-4-6-10-24(20)31/h3-16H,1-2H3. The van der Waals surface area contributed by atoms with Crippen LogP contribution in [-0.4, -0.2) is 17.7 Å². The molecule has 0 bridgehead atoms. The van der Waals surface area contributed by atoms with Gasteiger partial charge >= 0.3 is 11.9 Å². The lowest BCUT2D eigenvalue weighted by Crippen LogP contribution is -2.15. The van der Waals surface area contributed by atoms with Gasteiger partial charge in [0.15, 0.2) is 0 Å². The maximum Gasteiger partial charge on any atom is 0.344 e. The average molecular weight is 608 g/mol. The lowest BCUT2D eigenvalue weighted by Gasteiger charge is -2.14. The first-order chi connectivity index (χ1) is 17.2. The smallest absolute Gasteiger partial charge is 0.344 e. The number of carbonyl (C=O) groups is 3. The van der Waals surface area contributed by atoms with E-state index in [1.54, 1.807) is 84.9 Å². The molecule has 4 aromatic carbocycles. The highest BCUT2D eigenvalue weighted by molar-refractivity contribution is 9.10. The minimum Gasteiger partial charge on any atom is -0.422 e. The maximum atomic E-state index is 13.8. The molecule has 0 saturated heterocycles. The van der Waals surface area contributed by atoms with Crippen molar-refractivity contribution in [3.63, 3.8) is 0 Å². The van der Waals surface area contributed by atoms with Gasteiger partial charge in [0.05, 0.1) is 22.3 Å². The van der Waals surface area contributed by atoms with E-state index in [-0.39, 0.29) is 22.6 Å². The third-order valence-electron chi connectivity index (χ3n) is 5.35.